The minimum absolute atomic E-state index is 0.140. The Morgan fingerprint density at radius 2 is 1.69 bits per heavy atom. The number of nitrogens with zero attached hydrogens (tertiary/aromatic N) is 2. The van der Waals surface area contributed by atoms with Gasteiger partial charge in [-0.25, -0.2) is 0 Å². The first-order valence-corrected chi connectivity index (χ1v) is 8.32. The highest BCUT2D eigenvalue weighted by Gasteiger charge is 2.34. The van der Waals surface area contributed by atoms with Crippen LogP contribution in [0.2, 0.25) is 0 Å². The molecule has 2 aromatic rings. The average Bonchev–Trinajstić information content (AvgIpc) is 3.07. The lowest BCUT2D eigenvalue weighted by Gasteiger charge is -2.17. The molecule has 0 radical (unpaired) electrons. The second-order valence-electron chi connectivity index (χ2n) is 6.27. The minimum Gasteiger partial charge on any atom is -0.484 e. The van der Waals surface area contributed by atoms with Crippen LogP contribution in [0.1, 0.15) is 16.1 Å². The van der Waals surface area contributed by atoms with Crippen molar-refractivity contribution in [1.29, 1.82) is 0 Å². The molecule has 0 aliphatic carbocycles. The molecular weight excluding hydrogens is 406 g/mol. The summed E-state index contributed by atoms with van der Waals surface area (Å²) in [7, 11) is 0. The molecule has 1 aliphatic rings. The normalized spacial score (nSPS) is 13.9. The van der Waals surface area contributed by atoms with Crippen molar-refractivity contribution >= 4 is 5.91 Å². The number of halogens is 6. The van der Waals surface area contributed by atoms with Crippen LogP contribution in [0.4, 0.5) is 26.3 Å². The van der Waals surface area contributed by atoms with E-state index in [0.717, 1.165) is 23.9 Å². The SMILES string of the molecule is O=C(c1cc(OCC(F)(F)F)ccc1OCC(F)(F)F)N1Cc2cccc[n+]2C1. The van der Waals surface area contributed by atoms with Gasteiger partial charge in [-0.1, -0.05) is 6.07 Å². The lowest BCUT2D eigenvalue weighted by atomic mass is 10.1. The second-order valence-corrected chi connectivity index (χ2v) is 6.27. The minimum atomic E-state index is -4.65. The van der Waals surface area contributed by atoms with Gasteiger partial charge in [-0.2, -0.15) is 30.9 Å². The summed E-state index contributed by atoms with van der Waals surface area (Å²) in [4.78, 5) is 14.2. The quantitative estimate of drug-likeness (QED) is 0.549. The Bertz CT molecular complexity index is 873. The maximum absolute atomic E-state index is 12.9. The van der Waals surface area contributed by atoms with E-state index >= 15 is 0 Å². The molecule has 0 unspecified atom stereocenters. The maximum Gasteiger partial charge on any atom is 0.422 e. The molecule has 0 bridgehead atoms. The van der Waals surface area contributed by atoms with Crippen LogP contribution in [0.5, 0.6) is 11.5 Å². The topological polar surface area (TPSA) is 42.7 Å². The van der Waals surface area contributed by atoms with Crippen LogP contribution < -0.4 is 14.0 Å². The summed E-state index contributed by atoms with van der Waals surface area (Å²) in [6.45, 7) is -2.92. The zero-order valence-corrected chi connectivity index (χ0v) is 14.8. The Hall–Kier alpha value is -2.98. The summed E-state index contributed by atoms with van der Waals surface area (Å²) in [5.41, 5.74) is 0.477. The lowest BCUT2D eigenvalue weighted by molar-refractivity contribution is -0.700. The van der Waals surface area contributed by atoms with Gasteiger partial charge in [-0.15, -0.1) is 0 Å². The number of hydrogen-bond acceptors (Lipinski definition) is 3. The van der Waals surface area contributed by atoms with E-state index in [9.17, 15) is 31.1 Å². The van der Waals surface area contributed by atoms with Crippen molar-refractivity contribution in [1.82, 2.24) is 4.90 Å². The van der Waals surface area contributed by atoms with E-state index in [1.165, 1.54) is 4.90 Å². The summed E-state index contributed by atoms with van der Waals surface area (Å²) in [5, 5.41) is 0. The summed E-state index contributed by atoms with van der Waals surface area (Å²) in [6.07, 6.45) is -7.53. The number of fused-ring (bicyclic) bond motifs is 1. The largest absolute Gasteiger partial charge is 0.484 e. The highest BCUT2D eigenvalue weighted by atomic mass is 19.4. The smallest absolute Gasteiger partial charge is 0.422 e. The molecule has 0 atom stereocenters. The molecule has 5 nitrogen and oxygen atoms in total. The zero-order chi connectivity index (χ0) is 21.2. The molecule has 156 valence electrons. The van der Waals surface area contributed by atoms with Gasteiger partial charge in [0, 0.05) is 12.1 Å². The molecular formula is C18H15F6N2O3+. The van der Waals surface area contributed by atoms with Crippen LogP contribution in [-0.4, -0.2) is 36.4 Å². The Balaban J connectivity index is 1.85. The van der Waals surface area contributed by atoms with Gasteiger partial charge in [0.15, 0.2) is 19.4 Å². The number of rotatable bonds is 5. The van der Waals surface area contributed by atoms with E-state index in [1.807, 2.05) is 0 Å². The standard InChI is InChI=1S/C18H15F6N2O3/c19-17(20,21)9-28-13-4-5-15(29-10-18(22,23)24)14(7-13)16(27)26-8-12-3-1-2-6-25(12)11-26/h1-7H,8-11H2/q+1. The summed E-state index contributed by atoms with van der Waals surface area (Å²) < 4.78 is 85.7. The Morgan fingerprint density at radius 1 is 1.00 bits per heavy atom. The molecule has 1 aromatic carbocycles. The van der Waals surface area contributed by atoms with Gasteiger partial charge in [0.25, 0.3) is 5.91 Å². The molecule has 0 N–H and O–H groups in total. The van der Waals surface area contributed by atoms with Gasteiger partial charge in [0.05, 0.1) is 5.56 Å². The number of aromatic nitrogens is 1. The monoisotopic (exact) mass is 421 g/mol. The summed E-state index contributed by atoms with van der Waals surface area (Å²) in [6, 6.07) is 8.25. The molecule has 29 heavy (non-hydrogen) atoms. The van der Waals surface area contributed by atoms with Crippen LogP contribution >= 0.6 is 0 Å². The number of amides is 1. The van der Waals surface area contributed by atoms with Crippen LogP contribution in [0.15, 0.2) is 42.6 Å². The first kappa shape index (κ1) is 20.7. The third kappa shape index (κ3) is 5.52. The fraction of sp³-hybridized carbons (Fsp3) is 0.333. The Morgan fingerprint density at radius 3 is 2.34 bits per heavy atom. The van der Waals surface area contributed by atoms with Crippen molar-refractivity contribution < 1.29 is 45.2 Å². The molecule has 0 saturated heterocycles. The van der Waals surface area contributed by atoms with Crippen molar-refractivity contribution in [2.45, 2.75) is 25.6 Å². The van der Waals surface area contributed by atoms with Crippen molar-refractivity contribution in [2.24, 2.45) is 0 Å². The molecule has 0 saturated carbocycles. The van der Waals surface area contributed by atoms with Gasteiger partial charge in [-0.05, 0) is 18.2 Å². The molecule has 0 fully saturated rings. The fourth-order valence-electron chi connectivity index (χ4n) is 2.75. The van der Waals surface area contributed by atoms with E-state index < -0.39 is 37.2 Å². The van der Waals surface area contributed by atoms with Gasteiger partial charge in [0.1, 0.15) is 18.0 Å². The van der Waals surface area contributed by atoms with E-state index in [1.54, 1.807) is 29.0 Å². The number of carbonyl (C=O) groups excluding carboxylic acids is 1. The maximum atomic E-state index is 12.9. The lowest BCUT2D eigenvalue weighted by Crippen LogP contribution is -2.38. The molecule has 1 amide bonds. The highest BCUT2D eigenvalue weighted by molar-refractivity contribution is 5.97. The molecule has 1 aromatic heterocycles. The first-order chi connectivity index (χ1) is 13.5. The van der Waals surface area contributed by atoms with E-state index in [2.05, 4.69) is 4.74 Å². The van der Waals surface area contributed by atoms with Gasteiger partial charge < -0.3 is 9.47 Å². The average molecular weight is 421 g/mol. The first-order valence-electron chi connectivity index (χ1n) is 8.32. The number of carbonyl (C=O) groups is 1. The molecule has 1 aliphatic heterocycles. The number of alkyl halides is 6. The summed E-state index contributed by atoms with van der Waals surface area (Å²) >= 11 is 0. The predicted molar refractivity (Wildman–Crippen MR) is 86.1 cm³/mol. The number of hydrogen-bond donors (Lipinski definition) is 0. The highest BCUT2D eigenvalue weighted by Crippen LogP contribution is 2.29. The van der Waals surface area contributed by atoms with Crippen LogP contribution in [0.3, 0.4) is 0 Å². The number of ether oxygens (including phenoxy) is 2. The van der Waals surface area contributed by atoms with Crippen LogP contribution in [0, 0.1) is 0 Å². The van der Waals surface area contributed by atoms with Crippen molar-refractivity contribution in [2.75, 3.05) is 13.2 Å². The van der Waals surface area contributed by atoms with Gasteiger partial charge in [-0.3, -0.25) is 9.69 Å². The number of benzene rings is 1. The Labute approximate surface area is 161 Å². The van der Waals surface area contributed by atoms with Crippen molar-refractivity contribution in [3.63, 3.8) is 0 Å². The Kier molecular flexibility index (Phi) is 5.58. The molecule has 3 rings (SSSR count). The number of pyridine rings is 1. The van der Waals surface area contributed by atoms with Crippen LogP contribution in [0.25, 0.3) is 0 Å². The molecule has 0 spiro atoms. The predicted octanol–water partition coefficient (Wildman–Crippen LogP) is 3.47. The second kappa shape index (κ2) is 7.80. The van der Waals surface area contributed by atoms with Crippen molar-refractivity contribution in [3.05, 3.63) is 53.9 Å². The third-order valence-electron chi connectivity index (χ3n) is 3.97. The van der Waals surface area contributed by atoms with E-state index in [4.69, 9.17) is 4.74 Å². The molecule has 11 heteroatoms. The summed E-state index contributed by atoms with van der Waals surface area (Å²) in [5.74, 6) is -1.40. The third-order valence-corrected chi connectivity index (χ3v) is 3.97. The van der Waals surface area contributed by atoms with E-state index in [0.29, 0.717) is 0 Å². The van der Waals surface area contributed by atoms with Crippen molar-refractivity contribution in [3.8, 4) is 11.5 Å². The van der Waals surface area contributed by atoms with Gasteiger partial charge >= 0.3 is 12.4 Å². The van der Waals surface area contributed by atoms with Crippen LogP contribution in [-0.2, 0) is 13.2 Å². The van der Waals surface area contributed by atoms with E-state index in [-0.39, 0.29) is 24.5 Å². The fourth-order valence-corrected chi connectivity index (χ4v) is 2.75. The van der Waals surface area contributed by atoms with Gasteiger partial charge in [0.2, 0.25) is 12.4 Å². The molecule has 2 heterocycles. The zero-order valence-electron chi connectivity index (χ0n) is 14.8.